The van der Waals surface area contributed by atoms with E-state index in [1.54, 1.807) is 0 Å². The summed E-state index contributed by atoms with van der Waals surface area (Å²) in [6.45, 7) is 10.0. The maximum absolute atomic E-state index is 13.1. The van der Waals surface area contributed by atoms with Gasteiger partial charge >= 0.3 is 6.18 Å². The molecule has 3 rings (SSSR count). The van der Waals surface area contributed by atoms with Crippen LogP contribution in [0, 0.1) is 23.2 Å². The number of alkyl halides is 3. The Morgan fingerprint density at radius 1 is 1.12 bits per heavy atom. The molecule has 2 saturated heterocycles. The molecule has 0 radical (unpaired) electrons. The van der Waals surface area contributed by atoms with Crippen molar-refractivity contribution in [2.45, 2.75) is 103 Å². The van der Waals surface area contributed by atoms with Crippen molar-refractivity contribution in [2.75, 3.05) is 13.2 Å². The van der Waals surface area contributed by atoms with E-state index in [0.717, 1.165) is 19.4 Å². The van der Waals surface area contributed by atoms with E-state index in [2.05, 4.69) is 48.5 Å². The molecule has 1 saturated carbocycles. The molecule has 1 amide bonds. The lowest BCUT2D eigenvalue weighted by Gasteiger charge is -2.47. The molecule has 32 heavy (non-hydrogen) atoms. The van der Waals surface area contributed by atoms with Crippen LogP contribution in [0.2, 0.25) is 0 Å². The molecule has 0 aromatic carbocycles. The number of amides is 1. The van der Waals surface area contributed by atoms with Gasteiger partial charge in [0, 0.05) is 25.2 Å². The number of primary amides is 1. The molecular formula is C23H42F3N5O. The summed E-state index contributed by atoms with van der Waals surface area (Å²) < 4.78 is 39.3. The molecule has 0 spiro atoms. The van der Waals surface area contributed by atoms with Crippen molar-refractivity contribution in [2.24, 2.45) is 28.9 Å². The summed E-state index contributed by atoms with van der Waals surface area (Å²) in [7, 11) is 0. The third-order valence-corrected chi connectivity index (χ3v) is 7.68. The zero-order chi connectivity index (χ0) is 23.7. The molecule has 0 aromatic rings. The molecule has 5 atom stereocenters. The summed E-state index contributed by atoms with van der Waals surface area (Å²) >= 11 is 0. The molecule has 2 heterocycles. The van der Waals surface area contributed by atoms with Gasteiger partial charge in [0.05, 0.1) is 24.3 Å². The lowest BCUT2D eigenvalue weighted by atomic mass is 9.77. The van der Waals surface area contributed by atoms with Gasteiger partial charge in [-0.15, -0.1) is 0 Å². The number of likely N-dealkylation sites (tertiary alicyclic amines) is 1. The normalized spacial score (nSPS) is 36.2. The predicted molar refractivity (Wildman–Crippen MR) is 119 cm³/mol. The second-order valence-electron chi connectivity index (χ2n) is 11.4. The van der Waals surface area contributed by atoms with Gasteiger partial charge in [0.25, 0.3) is 0 Å². The number of carbonyl (C=O) groups excluding carboxylic acids is 1. The Balaban J connectivity index is 1.63. The highest BCUT2D eigenvalue weighted by Gasteiger charge is 2.46. The molecule has 2 aliphatic heterocycles. The van der Waals surface area contributed by atoms with E-state index in [1.165, 1.54) is 0 Å². The van der Waals surface area contributed by atoms with Gasteiger partial charge in [0.2, 0.25) is 5.91 Å². The Morgan fingerprint density at radius 2 is 1.78 bits per heavy atom. The first kappa shape index (κ1) is 25.7. The van der Waals surface area contributed by atoms with E-state index in [9.17, 15) is 18.0 Å². The topological polar surface area (TPSA) is 82.4 Å². The number of hydrogen-bond donors (Lipinski definition) is 4. The number of hydrogen-bond acceptors (Lipinski definition) is 5. The average Bonchev–Trinajstić information content (AvgIpc) is 3.17. The van der Waals surface area contributed by atoms with Crippen molar-refractivity contribution in [3.8, 4) is 0 Å². The molecule has 3 fully saturated rings. The van der Waals surface area contributed by atoms with E-state index in [4.69, 9.17) is 5.73 Å². The van der Waals surface area contributed by atoms with Crippen molar-refractivity contribution in [3.63, 3.8) is 0 Å². The van der Waals surface area contributed by atoms with E-state index in [-0.39, 0.29) is 42.4 Å². The largest absolute Gasteiger partial charge is 0.391 e. The average molecular weight is 462 g/mol. The number of carbonyl (C=O) groups is 1. The number of nitrogens with one attached hydrogen (secondary N) is 3. The van der Waals surface area contributed by atoms with Crippen molar-refractivity contribution in [3.05, 3.63) is 0 Å². The standard InChI is InChI=1S/C23H42F3N5O/c1-14-20(30-17(19(27)32)12-22(2,3)4)28-13-29-21(14)31-11-5-6-18(31)15-7-9-16(10-8-15)23(24,25)26/h14-18,20-21,28-30H,5-13H2,1-4H3,(H2,27,32)/t14?,15?,16?,17-,18?,20?,21?/m1/s1. The molecule has 0 aromatic heterocycles. The Morgan fingerprint density at radius 3 is 2.34 bits per heavy atom. The summed E-state index contributed by atoms with van der Waals surface area (Å²) in [6, 6.07) is -0.0925. The van der Waals surface area contributed by atoms with Crippen molar-refractivity contribution >= 4 is 5.91 Å². The van der Waals surface area contributed by atoms with E-state index in [0.29, 0.717) is 37.9 Å². The Hall–Kier alpha value is -0.900. The summed E-state index contributed by atoms with van der Waals surface area (Å²) in [4.78, 5) is 14.6. The van der Waals surface area contributed by atoms with Gasteiger partial charge < -0.3 is 5.73 Å². The minimum absolute atomic E-state index is 0.0302. The van der Waals surface area contributed by atoms with Crippen LogP contribution in [0.3, 0.4) is 0 Å². The van der Waals surface area contributed by atoms with Crippen LogP contribution in [0.1, 0.15) is 72.6 Å². The molecule has 5 N–H and O–H groups in total. The molecular weight excluding hydrogens is 419 g/mol. The molecule has 1 aliphatic carbocycles. The maximum atomic E-state index is 13.1. The zero-order valence-corrected chi connectivity index (χ0v) is 20.0. The molecule has 186 valence electrons. The Kier molecular flexibility index (Phi) is 8.16. The summed E-state index contributed by atoms with van der Waals surface area (Å²) in [5, 5.41) is 10.5. The number of nitrogens with two attached hydrogens (primary N) is 1. The van der Waals surface area contributed by atoms with Crippen LogP contribution in [0.5, 0.6) is 0 Å². The van der Waals surface area contributed by atoms with Crippen LogP contribution in [-0.4, -0.2) is 54.6 Å². The SMILES string of the molecule is CC1C(N[C@H](CC(C)(C)C)C(N)=O)NCNC1N1CCCC1C1CCC(C(F)(F)F)CC1. The quantitative estimate of drug-likeness (QED) is 0.489. The molecule has 4 unspecified atom stereocenters. The predicted octanol–water partition coefficient (Wildman–Crippen LogP) is 3.14. The van der Waals surface area contributed by atoms with Gasteiger partial charge in [-0.1, -0.05) is 27.7 Å². The minimum Gasteiger partial charge on any atom is -0.368 e. The van der Waals surface area contributed by atoms with E-state index in [1.807, 2.05) is 0 Å². The van der Waals surface area contributed by atoms with Crippen LogP contribution >= 0.6 is 0 Å². The van der Waals surface area contributed by atoms with Crippen LogP contribution in [0.4, 0.5) is 13.2 Å². The lowest BCUT2D eigenvalue weighted by molar-refractivity contribution is -0.185. The van der Waals surface area contributed by atoms with E-state index < -0.39 is 18.1 Å². The van der Waals surface area contributed by atoms with Gasteiger partial charge in [-0.3, -0.25) is 25.6 Å². The fraction of sp³-hybridized carbons (Fsp3) is 0.957. The van der Waals surface area contributed by atoms with Gasteiger partial charge in [-0.2, -0.15) is 13.2 Å². The number of nitrogens with zero attached hydrogens (tertiary/aromatic N) is 1. The van der Waals surface area contributed by atoms with Crippen LogP contribution in [0.15, 0.2) is 0 Å². The number of halogens is 3. The first-order valence-corrected chi connectivity index (χ1v) is 12.2. The lowest BCUT2D eigenvalue weighted by Crippen LogP contribution is -2.69. The van der Waals surface area contributed by atoms with Crippen molar-refractivity contribution in [1.82, 2.24) is 20.9 Å². The highest BCUT2D eigenvalue weighted by Crippen LogP contribution is 2.43. The Labute approximate surface area is 190 Å². The van der Waals surface area contributed by atoms with Crippen LogP contribution < -0.4 is 21.7 Å². The van der Waals surface area contributed by atoms with Crippen molar-refractivity contribution in [1.29, 1.82) is 0 Å². The van der Waals surface area contributed by atoms with Gasteiger partial charge in [0.15, 0.2) is 0 Å². The molecule has 3 aliphatic rings. The smallest absolute Gasteiger partial charge is 0.368 e. The van der Waals surface area contributed by atoms with Crippen LogP contribution in [-0.2, 0) is 4.79 Å². The molecule has 9 heteroatoms. The fourth-order valence-electron chi connectivity index (χ4n) is 6.03. The van der Waals surface area contributed by atoms with Gasteiger partial charge in [0.1, 0.15) is 0 Å². The fourth-order valence-corrected chi connectivity index (χ4v) is 6.03. The molecule has 6 nitrogen and oxygen atoms in total. The van der Waals surface area contributed by atoms with Crippen molar-refractivity contribution < 1.29 is 18.0 Å². The maximum Gasteiger partial charge on any atom is 0.391 e. The minimum atomic E-state index is -4.06. The molecule has 0 bridgehead atoms. The summed E-state index contributed by atoms with van der Waals surface area (Å²) in [5.74, 6) is -0.987. The summed E-state index contributed by atoms with van der Waals surface area (Å²) in [5.41, 5.74) is 5.66. The Bertz CT molecular complexity index is 630. The zero-order valence-electron chi connectivity index (χ0n) is 20.0. The monoisotopic (exact) mass is 461 g/mol. The second kappa shape index (κ2) is 10.2. The highest BCUT2D eigenvalue weighted by molar-refractivity contribution is 5.79. The summed E-state index contributed by atoms with van der Waals surface area (Å²) in [6.07, 6.45) is 0.585. The third kappa shape index (κ3) is 6.36. The van der Waals surface area contributed by atoms with Gasteiger partial charge in [-0.05, 0) is 56.3 Å². The highest BCUT2D eigenvalue weighted by atomic mass is 19.4. The third-order valence-electron chi connectivity index (χ3n) is 7.68. The first-order valence-electron chi connectivity index (χ1n) is 12.2. The first-order chi connectivity index (χ1) is 14.9. The van der Waals surface area contributed by atoms with Crippen LogP contribution in [0.25, 0.3) is 0 Å². The number of rotatable bonds is 6. The second-order valence-corrected chi connectivity index (χ2v) is 11.4. The van der Waals surface area contributed by atoms with E-state index >= 15 is 0 Å². The van der Waals surface area contributed by atoms with Gasteiger partial charge in [-0.25, -0.2) is 0 Å².